The third-order valence-electron chi connectivity index (χ3n) is 4.04. The number of nitrogens with zero attached hydrogens (tertiary/aromatic N) is 1. The molecule has 1 amide bonds. The van der Waals surface area contributed by atoms with E-state index in [1.54, 1.807) is 7.11 Å². The summed E-state index contributed by atoms with van der Waals surface area (Å²) < 4.78 is 5.14. The fraction of sp³-hybridized carbons (Fsp3) is 0.278. The van der Waals surface area contributed by atoms with E-state index in [0.29, 0.717) is 6.42 Å². The summed E-state index contributed by atoms with van der Waals surface area (Å²) in [6.45, 7) is 0.770. The SMILES string of the molecule is COc1ccc(CC(=O)N2CCCc3cc(N)ccc32)cc1. The summed E-state index contributed by atoms with van der Waals surface area (Å²) in [7, 11) is 1.64. The van der Waals surface area contributed by atoms with Crippen LogP contribution in [0.4, 0.5) is 11.4 Å². The number of methoxy groups -OCH3 is 1. The van der Waals surface area contributed by atoms with E-state index in [-0.39, 0.29) is 5.91 Å². The van der Waals surface area contributed by atoms with Crippen LogP contribution in [0.2, 0.25) is 0 Å². The Kier molecular flexibility index (Phi) is 4.00. The molecule has 0 bridgehead atoms. The van der Waals surface area contributed by atoms with Crippen LogP contribution in [0.1, 0.15) is 17.5 Å². The summed E-state index contributed by atoms with van der Waals surface area (Å²) in [6.07, 6.45) is 2.35. The zero-order chi connectivity index (χ0) is 15.5. The van der Waals surface area contributed by atoms with Gasteiger partial charge in [0.2, 0.25) is 5.91 Å². The first kappa shape index (κ1) is 14.4. The van der Waals surface area contributed by atoms with Gasteiger partial charge in [0.05, 0.1) is 13.5 Å². The lowest BCUT2D eigenvalue weighted by Crippen LogP contribution is -2.36. The molecule has 0 aliphatic carbocycles. The van der Waals surface area contributed by atoms with Gasteiger partial charge in [0, 0.05) is 17.9 Å². The van der Waals surface area contributed by atoms with Gasteiger partial charge in [-0.25, -0.2) is 0 Å². The highest BCUT2D eigenvalue weighted by Crippen LogP contribution is 2.29. The fourth-order valence-electron chi connectivity index (χ4n) is 2.89. The Morgan fingerprint density at radius 1 is 1.23 bits per heavy atom. The summed E-state index contributed by atoms with van der Waals surface area (Å²) in [5, 5.41) is 0. The van der Waals surface area contributed by atoms with Crippen LogP contribution in [-0.4, -0.2) is 19.6 Å². The van der Waals surface area contributed by atoms with Crippen LogP contribution in [0.25, 0.3) is 0 Å². The molecule has 2 aromatic rings. The average molecular weight is 296 g/mol. The lowest BCUT2D eigenvalue weighted by molar-refractivity contribution is -0.118. The van der Waals surface area contributed by atoms with Crippen molar-refractivity contribution in [3.8, 4) is 5.75 Å². The molecule has 0 atom stereocenters. The van der Waals surface area contributed by atoms with Gasteiger partial charge in [-0.2, -0.15) is 0 Å². The maximum atomic E-state index is 12.6. The average Bonchev–Trinajstić information content (AvgIpc) is 2.54. The minimum Gasteiger partial charge on any atom is -0.497 e. The number of hydrogen-bond acceptors (Lipinski definition) is 3. The van der Waals surface area contributed by atoms with Crippen LogP contribution in [0.3, 0.4) is 0 Å². The number of nitrogens with two attached hydrogens (primary N) is 1. The molecule has 114 valence electrons. The Bertz CT molecular complexity index is 680. The van der Waals surface area contributed by atoms with E-state index in [2.05, 4.69) is 0 Å². The molecule has 2 N–H and O–H groups in total. The van der Waals surface area contributed by atoms with Gasteiger partial charge in [-0.1, -0.05) is 12.1 Å². The molecule has 0 spiro atoms. The maximum Gasteiger partial charge on any atom is 0.231 e. The third kappa shape index (κ3) is 2.91. The fourth-order valence-corrected chi connectivity index (χ4v) is 2.89. The second-order valence-corrected chi connectivity index (χ2v) is 5.56. The molecule has 0 fully saturated rings. The number of amides is 1. The Morgan fingerprint density at radius 2 is 2.00 bits per heavy atom. The lowest BCUT2D eigenvalue weighted by atomic mass is 10.00. The van der Waals surface area contributed by atoms with Crippen LogP contribution in [-0.2, 0) is 17.6 Å². The number of anilines is 2. The Morgan fingerprint density at radius 3 is 2.73 bits per heavy atom. The molecule has 0 saturated heterocycles. The van der Waals surface area contributed by atoms with Gasteiger partial charge < -0.3 is 15.4 Å². The quantitative estimate of drug-likeness (QED) is 0.886. The number of carbonyl (C=O) groups is 1. The molecule has 3 rings (SSSR count). The minimum absolute atomic E-state index is 0.121. The van der Waals surface area contributed by atoms with E-state index < -0.39 is 0 Å². The molecule has 1 aliphatic heterocycles. The molecule has 1 aliphatic rings. The summed E-state index contributed by atoms with van der Waals surface area (Å²) in [5.74, 6) is 0.922. The number of benzene rings is 2. The molecule has 22 heavy (non-hydrogen) atoms. The van der Waals surface area contributed by atoms with Gasteiger partial charge in [-0.15, -0.1) is 0 Å². The Balaban J connectivity index is 1.78. The largest absolute Gasteiger partial charge is 0.497 e. The van der Waals surface area contributed by atoms with Crippen molar-refractivity contribution in [2.45, 2.75) is 19.3 Å². The van der Waals surface area contributed by atoms with Crippen molar-refractivity contribution in [2.75, 3.05) is 24.3 Å². The second kappa shape index (κ2) is 6.10. The van der Waals surface area contributed by atoms with E-state index >= 15 is 0 Å². The van der Waals surface area contributed by atoms with Crippen LogP contribution in [0, 0.1) is 0 Å². The molecule has 2 aromatic carbocycles. The molecule has 4 heteroatoms. The van der Waals surface area contributed by atoms with Crippen molar-refractivity contribution >= 4 is 17.3 Å². The van der Waals surface area contributed by atoms with E-state index in [1.165, 1.54) is 0 Å². The molecular formula is C18H20N2O2. The molecule has 4 nitrogen and oxygen atoms in total. The van der Waals surface area contributed by atoms with Crippen molar-refractivity contribution in [3.05, 3.63) is 53.6 Å². The van der Waals surface area contributed by atoms with E-state index in [0.717, 1.165) is 47.6 Å². The number of fused-ring (bicyclic) bond motifs is 1. The smallest absolute Gasteiger partial charge is 0.231 e. The standard InChI is InChI=1S/C18H20N2O2/c1-22-16-7-4-13(5-8-16)11-18(21)20-10-2-3-14-12-15(19)6-9-17(14)20/h4-9,12H,2-3,10-11,19H2,1H3. The number of aryl methyl sites for hydroxylation is 1. The summed E-state index contributed by atoms with van der Waals surface area (Å²) in [4.78, 5) is 14.5. The number of carbonyl (C=O) groups excluding carboxylic acids is 1. The molecule has 0 unspecified atom stereocenters. The zero-order valence-electron chi connectivity index (χ0n) is 12.7. The predicted molar refractivity (Wildman–Crippen MR) is 88.2 cm³/mol. The van der Waals surface area contributed by atoms with Crippen molar-refractivity contribution in [2.24, 2.45) is 0 Å². The highest BCUT2D eigenvalue weighted by molar-refractivity contribution is 5.96. The van der Waals surface area contributed by atoms with Crippen molar-refractivity contribution in [1.82, 2.24) is 0 Å². The summed E-state index contributed by atoms with van der Waals surface area (Å²) >= 11 is 0. The zero-order valence-corrected chi connectivity index (χ0v) is 12.7. The lowest BCUT2D eigenvalue weighted by Gasteiger charge is -2.30. The Hall–Kier alpha value is -2.49. The van der Waals surface area contributed by atoms with Gasteiger partial charge in [-0.05, 0) is 54.3 Å². The molecular weight excluding hydrogens is 276 g/mol. The van der Waals surface area contributed by atoms with Crippen LogP contribution < -0.4 is 15.4 Å². The summed E-state index contributed by atoms with van der Waals surface area (Å²) in [5.41, 5.74) is 9.75. The molecule has 0 aromatic heterocycles. The van der Waals surface area contributed by atoms with Crippen molar-refractivity contribution in [1.29, 1.82) is 0 Å². The monoisotopic (exact) mass is 296 g/mol. The number of hydrogen-bond donors (Lipinski definition) is 1. The minimum atomic E-state index is 0.121. The predicted octanol–water partition coefficient (Wildman–Crippen LogP) is 2.80. The van der Waals surface area contributed by atoms with E-state index in [1.807, 2.05) is 47.4 Å². The van der Waals surface area contributed by atoms with E-state index in [4.69, 9.17) is 10.5 Å². The van der Waals surface area contributed by atoms with Crippen LogP contribution >= 0.6 is 0 Å². The van der Waals surface area contributed by atoms with Crippen LogP contribution in [0.15, 0.2) is 42.5 Å². The first-order valence-corrected chi connectivity index (χ1v) is 7.49. The Labute approximate surface area is 130 Å². The van der Waals surface area contributed by atoms with E-state index in [9.17, 15) is 4.79 Å². The van der Waals surface area contributed by atoms with Gasteiger partial charge in [-0.3, -0.25) is 4.79 Å². The first-order chi connectivity index (χ1) is 10.7. The molecule has 0 saturated carbocycles. The highest BCUT2D eigenvalue weighted by atomic mass is 16.5. The molecule has 1 heterocycles. The third-order valence-corrected chi connectivity index (χ3v) is 4.04. The number of nitrogen functional groups attached to an aromatic ring is 1. The topological polar surface area (TPSA) is 55.6 Å². The van der Waals surface area contributed by atoms with Gasteiger partial charge in [0.15, 0.2) is 0 Å². The maximum absolute atomic E-state index is 12.6. The normalized spacial score (nSPS) is 13.6. The van der Waals surface area contributed by atoms with Crippen LogP contribution in [0.5, 0.6) is 5.75 Å². The van der Waals surface area contributed by atoms with Crippen molar-refractivity contribution in [3.63, 3.8) is 0 Å². The van der Waals surface area contributed by atoms with Crippen molar-refractivity contribution < 1.29 is 9.53 Å². The van der Waals surface area contributed by atoms with Gasteiger partial charge >= 0.3 is 0 Å². The number of rotatable bonds is 3. The highest BCUT2D eigenvalue weighted by Gasteiger charge is 2.22. The second-order valence-electron chi connectivity index (χ2n) is 5.56. The van der Waals surface area contributed by atoms with Gasteiger partial charge in [0.1, 0.15) is 5.75 Å². The number of ether oxygens (including phenoxy) is 1. The van der Waals surface area contributed by atoms with Gasteiger partial charge in [0.25, 0.3) is 0 Å². The first-order valence-electron chi connectivity index (χ1n) is 7.49. The summed E-state index contributed by atoms with van der Waals surface area (Å²) in [6, 6.07) is 13.4. The molecule has 0 radical (unpaired) electrons.